The fourth-order valence-electron chi connectivity index (χ4n) is 2.57. The van der Waals surface area contributed by atoms with Gasteiger partial charge >= 0.3 is 0 Å². The Morgan fingerprint density at radius 3 is 3.14 bits per heavy atom. The number of anilines is 1. The van der Waals surface area contributed by atoms with E-state index >= 15 is 0 Å². The van der Waals surface area contributed by atoms with Crippen molar-refractivity contribution in [3.8, 4) is 6.07 Å². The first-order valence-electron chi connectivity index (χ1n) is 6.89. The predicted molar refractivity (Wildman–Crippen MR) is 80.2 cm³/mol. The number of hydrogen-bond donors (Lipinski definition) is 2. The van der Waals surface area contributed by atoms with Gasteiger partial charge in [0.1, 0.15) is 5.82 Å². The van der Waals surface area contributed by atoms with Gasteiger partial charge in [0.2, 0.25) is 0 Å². The summed E-state index contributed by atoms with van der Waals surface area (Å²) >= 11 is 0. The summed E-state index contributed by atoms with van der Waals surface area (Å²) in [4.78, 5) is 6.72. The van der Waals surface area contributed by atoms with E-state index in [0.29, 0.717) is 25.5 Å². The minimum atomic E-state index is -0.360. The molecule has 1 saturated heterocycles. The van der Waals surface area contributed by atoms with Crippen LogP contribution >= 0.6 is 0 Å². The van der Waals surface area contributed by atoms with Crippen LogP contribution in [0.25, 0.3) is 10.9 Å². The quantitative estimate of drug-likeness (QED) is 0.651. The molecule has 3 rings (SSSR count). The van der Waals surface area contributed by atoms with E-state index in [0.717, 1.165) is 23.0 Å². The number of para-hydroxylation sites is 1. The highest BCUT2D eigenvalue weighted by atomic mass is 16.5. The van der Waals surface area contributed by atoms with Crippen molar-refractivity contribution in [2.45, 2.75) is 12.6 Å². The van der Waals surface area contributed by atoms with E-state index in [2.05, 4.69) is 27.4 Å². The summed E-state index contributed by atoms with van der Waals surface area (Å²) < 4.78 is 5.36. The average molecular weight is 283 g/mol. The smallest absolute Gasteiger partial charge is 0.156 e. The first-order valence-corrected chi connectivity index (χ1v) is 6.89. The van der Waals surface area contributed by atoms with Crippen LogP contribution in [0, 0.1) is 11.3 Å². The maximum atomic E-state index is 8.97. The standard InChI is InChI=1S/C15H17N5O/c16-8-13-10-20(5-6-21-13)9-12-7-11-3-1-2-4-14(11)18-15(12)19-17/h1-4,7,13H,5-6,9-10,17H2,(H,18,19). The van der Waals surface area contributed by atoms with Gasteiger partial charge in [-0.05, 0) is 12.1 Å². The molecular formula is C15H17N5O. The zero-order valence-corrected chi connectivity index (χ0v) is 11.6. The molecule has 6 nitrogen and oxygen atoms in total. The van der Waals surface area contributed by atoms with Crippen molar-refractivity contribution in [3.05, 3.63) is 35.9 Å². The third-order valence-electron chi connectivity index (χ3n) is 3.63. The third-order valence-corrected chi connectivity index (χ3v) is 3.63. The number of rotatable bonds is 3. The Hall–Kier alpha value is -2.20. The minimum absolute atomic E-state index is 0.360. The molecular weight excluding hydrogens is 266 g/mol. The van der Waals surface area contributed by atoms with Gasteiger partial charge in [0.15, 0.2) is 6.10 Å². The third kappa shape index (κ3) is 2.95. The summed E-state index contributed by atoms with van der Waals surface area (Å²) in [5, 5.41) is 10.1. The van der Waals surface area contributed by atoms with Gasteiger partial charge < -0.3 is 10.2 Å². The van der Waals surface area contributed by atoms with Crippen molar-refractivity contribution in [1.82, 2.24) is 9.88 Å². The number of nitrogens with zero attached hydrogens (tertiary/aromatic N) is 3. The number of morpholine rings is 1. The largest absolute Gasteiger partial charge is 0.361 e. The number of hydrazine groups is 1. The zero-order valence-electron chi connectivity index (χ0n) is 11.6. The number of nitrogens with two attached hydrogens (primary N) is 1. The average Bonchev–Trinajstić information content (AvgIpc) is 2.54. The molecule has 0 spiro atoms. The van der Waals surface area contributed by atoms with E-state index in [9.17, 15) is 0 Å². The lowest BCUT2D eigenvalue weighted by molar-refractivity contribution is -0.00263. The fourth-order valence-corrected chi connectivity index (χ4v) is 2.57. The summed E-state index contributed by atoms with van der Waals surface area (Å²) in [5.74, 6) is 6.27. The van der Waals surface area contributed by atoms with Gasteiger partial charge in [-0.15, -0.1) is 0 Å². The SMILES string of the molecule is N#CC1CN(Cc2cc3ccccc3nc2NN)CCO1. The highest BCUT2D eigenvalue weighted by molar-refractivity contribution is 5.81. The van der Waals surface area contributed by atoms with Crippen LogP contribution in [-0.4, -0.2) is 35.7 Å². The van der Waals surface area contributed by atoms with Crippen LogP contribution in [0.15, 0.2) is 30.3 Å². The van der Waals surface area contributed by atoms with Crippen LogP contribution < -0.4 is 11.3 Å². The molecule has 2 aromatic rings. The molecule has 6 heteroatoms. The highest BCUT2D eigenvalue weighted by Gasteiger charge is 2.21. The van der Waals surface area contributed by atoms with Gasteiger partial charge in [-0.2, -0.15) is 5.26 Å². The van der Waals surface area contributed by atoms with Crippen LogP contribution in [0.2, 0.25) is 0 Å². The number of nitriles is 1. The molecule has 0 aliphatic carbocycles. The van der Waals surface area contributed by atoms with Crippen molar-refractivity contribution in [2.24, 2.45) is 5.84 Å². The normalized spacial score (nSPS) is 19.3. The second-order valence-electron chi connectivity index (χ2n) is 5.06. The first kappa shape index (κ1) is 13.8. The Morgan fingerprint density at radius 2 is 2.33 bits per heavy atom. The zero-order chi connectivity index (χ0) is 14.7. The molecule has 0 bridgehead atoms. The summed E-state index contributed by atoms with van der Waals surface area (Å²) in [6.07, 6.45) is -0.360. The Labute approximate surface area is 123 Å². The van der Waals surface area contributed by atoms with Crippen molar-refractivity contribution in [2.75, 3.05) is 25.1 Å². The van der Waals surface area contributed by atoms with E-state index in [1.165, 1.54) is 0 Å². The number of nitrogen functional groups attached to an aromatic ring is 1. The molecule has 1 aliphatic heterocycles. The Bertz CT molecular complexity index is 681. The lowest BCUT2D eigenvalue weighted by atomic mass is 10.1. The Morgan fingerprint density at radius 1 is 1.48 bits per heavy atom. The molecule has 1 atom stereocenters. The maximum absolute atomic E-state index is 8.97. The van der Waals surface area contributed by atoms with E-state index < -0.39 is 0 Å². The van der Waals surface area contributed by atoms with Crippen molar-refractivity contribution in [1.29, 1.82) is 5.26 Å². The Kier molecular flexibility index (Phi) is 3.97. The maximum Gasteiger partial charge on any atom is 0.156 e. The van der Waals surface area contributed by atoms with Crippen LogP contribution in [0.5, 0.6) is 0 Å². The summed E-state index contributed by atoms with van der Waals surface area (Å²) in [5.41, 5.74) is 4.60. The van der Waals surface area contributed by atoms with Gasteiger partial charge in [-0.3, -0.25) is 4.90 Å². The fraction of sp³-hybridized carbons (Fsp3) is 0.333. The van der Waals surface area contributed by atoms with E-state index in [1.807, 2.05) is 24.3 Å². The molecule has 0 amide bonds. The van der Waals surface area contributed by atoms with Crippen LogP contribution in [0.3, 0.4) is 0 Å². The summed E-state index contributed by atoms with van der Waals surface area (Å²) in [6.45, 7) is 2.67. The molecule has 1 aliphatic rings. The van der Waals surface area contributed by atoms with E-state index in [4.69, 9.17) is 15.8 Å². The molecule has 1 unspecified atom stereocenters. The van der Waals surface area contributed by atoms with Crippen LogP contribution in [-0.2, 0) is 11.3 Å². The first-order chi connectivity index (χ1) is 10.3. The lowest BCUT2D eigenvalue weighted by Gasteiger charge is -2.30. The summed E-state index contributed by atoms with van der Waals surface area (Å²) in [7, 11) is 0. The van der Waals surface area contributed by atoms with Gasteiger partial charge in [-0.25, -0.2) is 10.8 Å². The van der Waals surface area contributed by atoms with Gasteiger partial charge in [0.25, 0.3) is 0 Å². The number of nitrogens with one attached hydrogen (secondary N) is 1. The van der Waals surface area contributed by atoms with Gasteiger partial charge in [0.05, 0.1) is 18.2 Å². The molecule has 108 valence electrons. The molecule has 1 fully saturated rings. The molecule has 2 heterocycles. The molecule has 1 aromatic heterocycles. The van der Waals surface area contributed by atoms with E-state index in [-0.39, 0.29) is 6.10 Å². The van der Waals surface area contributed by atoms with Crippen LogP contribution in [0.4, 0.5) is 5.82 Å². The molecule has 21 heavy (non-hydrogen) atoms. The summed E-state index contributed by atoms with van der Waals surface area (Å²) in [6, 6.07) is 12.2. The highest BCUT2D eigenvalue weighted by Crippen LogP contribution is 2.22. The Balaban J connectivity index is 1.87. The lowest BCUT2D eigenvalue weighted by Crippen LogP contribution is -2.41. The monoisotopic (exact) mass is 283 g/mol. The van der Waals surface area contributed by atoms with Crippen molar-refractivity contribution < 1.29 is 4.74 Å². The molecule has 0 saturated carbocycles. The predicted octanol–water partition coefficient (Wildman–Crippen LogP) is 1.24. The number of pyridine rings is 1. The van der Waals surface area contributed by atoms with Crippen LogP contribution in [0.1, 0.15) is 5.56 Å². The number of fused-ring (bicyclic) bond motifs is 1. The van der Waals surface area contributed by atoms with Crippen molar-refractivity contribution in [3.63, 3.8) is 0 Å². The topological polar surface area (TPSA) is 87.2 Å². The minimum Gasteiger partial charge on any atom is -0.361 e. The second kappa shape index (κ2) is 6.06. The van der Waals surface area contributed by atoms with Gasteiger partial charge in [-0.1, -0.05) is 18.2 Å². The van der Waals surface area contributed by atoms with E-state index in [1.54, 1.807) is 0 Å². The van der Waals surface area contributed by atoms with Gasteiger partial charge in [0, 0.05) is 30.6 Å². The number of ether oxygens (including phenoxy) is 1. The number of benzene rings is 1. The number of hydrogen-bond acceptors (Lipinski definition) is 6. The van der Waals surface area contributed by atoms with Crippen molar-refractivity contribution >= 4 is 16.7 Å². The second-order valence-corrected chi connectivity index (χ2v) is 5.06. The number of aromatic nitrogens is 1. The molecule has 1 aromatic carbocycles. The molecule has 0 radical (unpaired) electrons. The molecule has 3 N–H and O–H groups in total.